The number of carbonyl (C=O) groups excluding carboxylic acids is 1. The Balaban J connectivity index is 1.49. The summed E-state index contributed by atoms with van der Waals surface area (Å²) in [6, 6.07) is 19.0. The largest absolute Gasteiger partial charge is 0.471 e. The molecule has 4 rings (SSSR count). The van der Waals surface area contributed by atoms with E-state index >= 15 is 0 Å². The number of aryl methyl sites for hydroxylation is 2. The third kappa shape index (κ3) is 3.71. The molecule has 0 aliphatic rings. The highest BCUT2D eigenvalue weighted by atomic mass is 16.5. The van der Waals surface area contributed by atoms with Gasteiger partial charge in [-0.25, -0.2) is 4.68 Å². The molecule has 0 saturated heterocycles. The van der Waals surface area contributed by atoms with Crippen LogP contribution in [0.3, 0.4) is 0 Å². The van der Waals surface area contributed by atoms with E-state index in [4.69, 9.17) is 4.74 Å². The van der Waals surface area contributed by atoms with Gasteiger partial charge in [-0.2, -0.15) is 5.10 Å². The molecule has 0 aliphatic carbocycles. The number of nitrogens with one attached hydrogen (secondary N) is 1. The highest BCUT2D eigenvalue weighted by Crippen LogP contribution is 2.23. The maximum atomic E-state index is 12.7. The smallest absolute Gasteiger partial charge is 0.276 e. The predicted octanol–water partition coefficient (Wildman–Crippen LogP) is 4.34. The van der Waals surface area contributed by atoms with E-state index in [1.165, 1.54) is 0 Å². The quantitative estimate of drug-likeness (QED) is 0.566. The van der Waals surface area contributed by atoms with E-state index in [2.05, 4.69) is 15.4 Å². The van der Waals surface area contributed by atoms with Crippen molar-refractivity contribution >= 4 is 22.5 Å². The summed E-state index contributed by atoms with van der Waals surface area (Å²) in [5.41, 5.74) is 3.78. The van der Waals surface area contributed by atoms with Crippen LogP contribution in [-0.2, 0) is 6.73 Å². The van der Waals surface area contributed by atoms with Gasteiger partial charge in [-0.1, -0.05) is 36.4 Å². The molecule has 2 aromatic heterocycles. The summed E-state index contributed by atoms with van der Waals surface area (Å²) in [6.45, 7) is 4.12. The number of ether oxygens (including phenoxy) is 1. The lowest BCUT2D eigenvalue weighted by Gasteiger charge is -2.09. The Morgan fingerprint density at radius 2 is 1.86 bits per heavy atom. The molecule has 0 spiro atoms. The molecule has 0 aliphatic heterocycles. The minimum atomic E-state index is -0.273. The second-order valence-corrected chi connectivity index (χ2v) is 6.56. The third-order valence-electron chi connectivity index (χ3n) is 4.41. The van der Waals surface area contributed by atoms with Crippen LogP contribution < -0.4 is 10.1 Å². The van der Waals surface area contributed by atoms with Crippen LogP contribution in [0.4, 0.5) is 5.69 Å². The molecule has 0 fully saturated rings. The van der Waals surface area contributed by atoms with Crippen LogP contribution in [0.25, 0.3) is 10.9 Å². The van der Waals surface area contributed by atoms with Crippen LogP contribution in [0.1, 0.15) is 21.7 Å². The van der Waals surface area contributed by atoms with Crippen molar-refractivity contribution in [3.63, 3.8) is 0 Å². The number of para-hydroxylation sites is 2. The van der Waals surface area contributed by atoms with Gasteiger partial charge in [0.05, 0.1) is 11.2 Å². The molecule has 0 bridgehead atoms. The van der Waals surface area contributed by atoms with Gasteiger partial charge in [0.1, 0.15) is 5.75 Å². The second-order valence-electron chi connectivity index (χ2n) is 6.56. The minimum Gasteiger partial charge on any atom is -0.471 e. The summed E-state index contributed by atoms with van der Waals surface area (Å²) in [5, 5.41) is 8.15. The van der Waals surface area contributed by atoms with Gasteiger partial charge in [0.2, 0.25) is 0 Å². The molecular formula is C22H20N4O2. The van der Waals surface area contributed by atoms with Gasteiger partial charge in [-0.15, -0.1) is 0 Å². The van der Waals surface area contributed by atoms with E-state index in [0.717, 1.165) is 33.6 Å². The summed E-state index contributed by atoms with van der Waals surface area (Å²) in [7, 11) is 0. The molecule has 6 heteroatoms. The fourth-order valence-corrected chi connectivity index (χ4v) is 3.01. The topological polar surface area (TPSA) is 69.0 Å². The molecule has 4 aromatic rings. The van der Waals surface area contributed by atoms with Crippen molar-refractivity contribution in [3.05, 3.63) is 83.8 Å². The van der Waals surface area contributed by atoms with Crippen molar-refractivity contribution in [1.29, 1.82) is 0 Å². The summed E-state index contributed by atoms with van der Waals surface area (Å²) >= 11 is 0. The average Bonchev–Trinajstić information content (AvgIpc) is 3.16. The van der Waals surface area contributed by atoms with Crippen molar-refractivity contribution < 1.29 is 9.53 Å². The zero-order valence-corrected chi connectivity index (χ0v) is 15.7. The van der Waals surface area contributed by atoms with E-state index in [1.54, 1.807) is 16.9 Å². The van der Waals surface area contributed by atoms with Gasteiger partial charge in [0.25, 0.3) is 5.91 Å². The van der Waals surface area contributed by atoms with E-state index in [9.17, 15) is 4.79 Å². The fourth-order valence-electron chi connectivity index (χ4n) is 3.01. The van der Waals surface area contributed by atoms with Gasteiger partial charge in [0, 0.05) is 17.3 Å². The van der Waals surface area contributed by atoms with E-state index in [0.29, 0.717) is 5.69 Å². The molecular weight excluding hydrogens is 352 g/mol. The number of carbonyl (C=O) groups is 1. The van der Waals surface area contributed by atoms with Gasteiger partial charge >= 0.3 is 0 Å². The number of amides is 1. The van der Waals surface area contributed by atoms with Crippen LogP contribution in [0.2, 0.25) is 0 Å². The highest BCUT2D eigenvalue weighted by Gasteiger charge is 2.13. The van der Waals surface area contributed by atoms with Crippen molar-refractivity contribution in [1.82, 2.24) is 14.8 Å². The van der Waals surface area contributed by atoms with E-state index in [1.807, 2.05) is 68.4 Å². The molecule has 1 amide bonds. The normalized spacial score (nSPS) is 10.8. The van der Waals surface area contributed by atoms with Gasteiger partial charge in [0.15, 0.2) is 12.4 Å². The zero-order valence-electron chi connectivity index (χ0n) is 15.7. The Labute approximate surface area is 162 Å². The van der Waals surface area contributed by atoms with Crippen molar-refractivity contribution in [2.75, 3.05) is 5.32 Å². The van der Waals surface area contributed by atoms with E-state index < -0.39 is 0 Å². The average molecular weight is 372 g/mol. The standard InChI is InChI=1S/C22H20N4O2/c1-15-7-3-6-10-21(15)28-14-26-12-11-19(25-26)22(27)24-20-13-16(2)23-18-9-5-4-8-17(18)20/h3-13H,14H2,1-2H3,(H,23,24,27). The number of rotatable bonds is 5. The number of benzene rings is 2. The Bertz CT molecular complexity index is 1150. The van der Waals surface area contributed by atoms with Crippen molar-refractivity contribution in [2.24, 2.45) is 0 Å². The van der Waals surface area contributed by atoms with Crippen LogP contribution in [-0.4, -0.2) is 20.7 Å². The summed E-state index contributed by atoms with van der Waals surface area (Å²) in [6.07, 6.45) is 1.73. The Morgan fingerprint density at radius 3 is 2.71 bits per heavy atom. The van der Waals surface area contributed by atoms with Gasteiger partial charge < -0.3 is 10.1 Å². The first-order chi connectivity index (χ1) is 13.6. The van der Waals surface area contributed by atoms with Crippen molar-refractivity contribution in [2.45, 2.75) is 20.6 Å². The van der Waals surface area contributed by atoms with Gasteiger partial charge in [-0.05, 0) is 43.7 Å². The first kappa shape index (κ1) is 17.7. The first-order valence-corrected chi connectivity index (χ1v) is 9.00. The lowest BCUT2D eigenvalue weighted by molar-refractivity contribution is 0.102. The number of fused-ring (bicyclic) bond motifs is 1. The van der Waals surface area contributed by atoms with Crippen LogP contribution in [0.15, 0.2) is 66.9 Å². The Kier molecular flexibility index (Phi) is 4.76. The monoisotopic (exact) mass is 372 g/mol. The van der Waals surface area contributed by atoms with Gasteiger partial charge in [-0.3, -0.25) is 9.78 Å². The molecule has 2 heterocycles. The number of pyridine rings is 1. The number of anilines is 1. The second kappa shape index (κ2) is 7.52. The molecule has 0 saturated carbocycles. The van der Waals surface area contributed by atoms with Crippen LogP contribution >= 0.6 is 0 Å². The fraction of sp³-hybridized carbons (Fsp3) is 0.136. The zero-order chi connectivity index (χ0) is 19.5. The molecule has 0 atom stereocenters. The van der Waals surface area contributed by atoms with Crippen LogP contribution in [0, 0.1) is 13.8 Å². The number of hydrogen-bond donors (Lipinski definition) is 1. The lowest BCUT2D eigenvalue weighted by atomic mass is 10.1. The lowest BCUT2D eigenvalue weighted by Crippen LogP contribution is -2.15. The Morgan fingerprint density at radius 1 is 1.07 bits per heavy atom. The molecule has 1 N–H and O–H groups in total. The summed E-state index contributed by atoms with van der Waals surface area (Å²) in [4.78, 5) is 17.2. The van der Waals surface area contributed by atoms with Crippen molar-refractivity contribution in [3.8, 4) is 5.75 Å². The molecule has 0 unspecified atom stereocenters. The Hall–Kier alpha value is -3.67. The highest BCUT2D eigenvalue weighted by molar-refractivity contribution is 6.07. The molecule has 2 aromatic carbocycles. The molecule has 6 nitrogen and oxygen atoms in total. The number of aromatic nitrogens is 3. The molecule has 28 heavy (non-hydrogen) atoms. The minimum absolute atomic E-state index is 0.232. The number of hydrogen-bond acceptors (Lipinski definition) is 4. The molecule has 0 radical (unpaired) electrons. The number of nitrogens with zero attached hydrogens (tertiary/aromatic N) is 3. The predicted molar refractivity (Wildman–Crippen MR) is 108 cm³/mol. The first-order valence-electron chi connectivity index (χ1n) is 9.00. The maximum Gasteiger partial charge on any atom is 0.276 e. The third-order valence-corrected chi connectivity index (χ3v) is 4.41. The summed E-state index contributed by atoms with van der Waals surface area (Å²) in [5.74, 6) is 0.521. The summed E-state index contributed by atoms with van der Waals surface area (Å²) < 4.78 is 7.36. The maximum absolute atomic E-state index is 12.7. The SMILES string of the molecule is Cc1cc(NC(=O)c2ccn(COc3ccccc3C)n2)c2ccccc2n1. The van der Waals surface area contributed by atoms with E-state index in [-0.39, 0.29) is 12.6 Å². The van der Waals surface area contributed by atoms with Crippen LogP contribution in [0.5, 0.6) is 5.75 Å². The molecule has 140 valence electrons.